The minimum Gasteiger partial charge on any atom is -0.478 e. The Bertz CT molecular complexity index is 520. The molecule has 0 heterocycles. The van der Waals surface area contributed by atoms with Gasteiger partial charge in [0.2, 0.25) is 5.91 Å². The number of hydrogen-bond acceptors (Lipinski definition) is 3. The van der Waals surface area contributed by atoms with E-state index in [4.69, 9.17) is 5.73 Å². The standard InChI is InChI=1S/C16H22N2O3/c17-12-8-9-14(13(10-12)16(20)21)18-15(19)11-6-4-2-1-3-5-7-11/h8-11H,1-7,17H2,(H,18,19)(H,20,21). The van der Waals surface area contributed by atoms with E-state index in [0.717, 1.165) is 25.7 Å². The van der Waals surface area contributed by atoms with Gasteiger partial charge in [-0.3, -0.25) is 4.79 Å². The van der Waals surface area contributed by atoms with Gasteiger partial charge in [-0.15, -0.1) is 0 Å². The monoisotopic (exact) mass is 290 g/mol. The third kappa shape index (κ3) is 4.21. The lowest BCUT2D eigenvalue weighted by Gasteiger charge is -2.19. The molecule has 5 nitrogen and oxygen atoms in total. The van der Waals surface area contributed by atoms with E-state index in [9.17, 15) is 14.7 Å². The summed E-state index contributed by atoms with van der Waals surface area (Å²) in [6.07, 6.45) is 7.47. The molecule has 21 heavy (non-hydrogen) atoms. The number of hydrogen-bond donors (Lipinski definition) is 3. The highest BCUT2D eigenvalue weighted by molar-refractivity contribution is 6.01. The molecule has 114 valence electrons. The Hall–Kier alpha value is -2.04. The van der Waals surface area contributed by atoms with Crippen molar-refractivity contribution in [3.63, 3.8) is 0 Å². The van der Waals surface area contributed by atoms with Gasteiger partial charge in [0.1, 0.15) is 0 Å². The van der Waals surface area contributed by atoms with Gasteiger partial charge in [0.15, 0.2) is 0 Å². The molecule has 1 aliphatic rings. The molecule has 1 amide bonds. The molecule has 5 heteroatoms. The molecule has 1 saturated carbocycles. The topological polar surface area (TPSA) is 92.4 Å². The van der Waals surface area contributed by atoms with Gasteiger partial charge < -0.3 is 16.2 Å². The van der Waals surface area contributed by atoms with E-state index in [2.05, 4.69) is 5.32 Å². The first-order valence-electron chi connectivity index (χ1n) is 7.51. The first-order chi connectivity index (χ1) is 10.1. The normalized spacial score (nSPS) is 16.8. The molecule has 0 saturated heterocycles. The number of nitrogens with one attached hydrogen (secondary N) is 1. The Kier molecular flexibility index (Phi) is 5.20. The molecule has 1 aromatic carbocycles. The summed E-state index contributed by atoms with van der Waals surface area (Å²) in [7, 11) is 0. The van der Waals surface area contributed by atoms with Crippen LogP contribution in [0.5, 0.6) is 0 Å². The molecule has 0 bridgehead atoms. The third-order valence-electron chi connectivity index (χ3n) is 4.01. The molecule has 0 atom stereocenters. The van der Waals surface area contributed by atoms with Gasteiger partial charge in [-0.1, -0.05) is 32.1 Å². The van der Waals surface area contributed by atoms with Crippen LogP contribution in [0.1, 0.15) is 55.3 Å². The Balaban J connectivity index is 2.09. The molecule has 0 aliphatic heterocycles. The summed E-state index contributed by atoms with van der Waals surface area (Å²) in [5, 5.41) is 12.0. The van der Waals surface area contributed by atoms with Crippen molar-refractivity contribution in [2.75, 3.05) is 11.1 Å². The fourth-order valence-corrected chi connectivity index (χ4v) is 2.80. The quantitative estimate of drug-likeness (QED) is 0.745. The first-order valence-corrected chi connectivity index (χ1v) is 7.51. The van der Waals surface area contributed by atoms with Crippen molar-refractivity contribution < 1.29 is 14.7 Å². The molecule has 1 aromatic rings. The lowest BCUT2D eigenvalue weighted by Crippen LogP contribution is -2.24. The smallest absolute Gasteiger partial charge is 0.337 e. The average molecular weight is 290 g/mol. The van der Waals surface area contributed by atoms with E-state index in [1.54, 1.807) is 12.1 Å². The van der Waals surface area contributed by atoms with Crippen LogP contribution < -0.4 is 11.1 Å². The van der Waals surface area contributed by atoms with Crippen LogP contribution in [0.3, 0.4) is 0 Å². The first kappa shape index (κ1) is 15.4. The van der Waals surface area contributed by atoms with Gasteiger partial charge in [-0.2, -0.15) is 0 Å². The molecular formula is C16H22N2O3. The van der Waals surface area contributed by atoms with Gasteiger partial charge in [0.25, 0.3) is 0 Å². The van der Waals surface area contributed by atoms with Crippen LogP contribution in [0.4, 0.5) is 11.4 Å². The van der Waals surface area contributed by atoms with E-state index in [1.807, 2.05) is 0 Å². The van der Waals surface area contributed by atoms with Crippen molar-refractivity contribution in [3.8, 4) is 0 Å². The summed E-state index contributed by atoms with van der Waals surface area (Å²) in [6.45, 7) is 0. The van der Waals surface area contributed by atoms with E-state index in [1.165, 1.54) is 25.3 Å². The highest BCUT2D eigenvalue weighted by atomic mass is 16.4. The van der Waals surface area contributed by atoms with Crippen molar-refractivity contribution in [3.05, 3.63) is 23.8 Å². The summed E-state index contributed by atoms with van der Waals surface area (Å²) in [5.41, 5.74) is 6.33. The van der Waals surface area contributed by atoms with Gasteiger partial charge in [-0.05, 0) is 31.0 Å². The molecule has 1 aliphatic carbocycles. The molecular weight excluding hydrogens is 268 g/mol. The minimum atomic E-state index is -1.09. The molecule has 0 unspecified atom stereocenters. The number of carbonyl (C=O) groups is 2. The second-order valence-electron chi connectivity index (χ2n) is 5.64. The lowest BCUT2D eigenvalue weighted by molar-refractivity contribution is -0.120. The number of benzene rings is 1. The zero-order chi connectivity index (χ0) is 15.2. The van der Waals surface area contributed by atoms with Crippen LogP contribution in [-0.2, 0) is 4.79 Å². The number of aromatic carboxylic acids is 1. The summed E-state index contributed by atoms with van der Waals surface area (Å²) in [5.74, 6) is -1.19. The number of rotatable bonds is 3. The number of carbonyl (C=O) groups excluding carboxylic acids is 1. The van der Waals surface area contributed by atoms with E-state index < -0.39 is 5.97 Å². The SMILES string of the molecule is Nc1ccc(NC(=O)C2CCCCCCC2)c(C(=O)O)c1. The Morgan fingerprint density at radius 1 is 1.10 bits per heavy atom. The Morgan fingerprint density at radius 2 is 1.71 bits per heavy atom. The van der Waals surface area contributed by atoms with Gasteiger partial charge in [0.05, 0.1) is 11.3 Å². The summed E-state index contributed by atoms with van der Waals surface area (Å²) >= 11 is 0. The highest BCUT2D eigenvalue weighted by Gasteiger charge is 2.21. The predicted octanol–water partition coefficient (Wildman–Crippen LogP) is 3.27. The van der Waals surface area contributed by atoms with Crippen molar-refractivity contribution in [2.24, 2.45) is 5.92 Å². The van der Waals surface area contributed by atoms with Crippen LogP contribution in [0.25, 0.3) is 0 Å². The van der Waals surface area contributed by atoms with Crippen LogP contribution in [0.15, 0.2) is 18.2 Å². The lowest BCUT2D eigenvalue weighted by atomic mass is 9.90. The average Bonchev–Trinajstić information content (AvgIpc) is 2.40. The van der Waals surface area contributed by atoms with Crippen molar-refractivity contribution in [2.45, 2.75) is 44.9 Å². The number of amides is 1. The molecule has 2 rings (SSSR count). The Labute approximate surface area is 124 Å². The highest BCUT2D eigenvalue weighted by Crippen LogP contribution is 2.25. The third-order valence-corrected chi connectivity index (χ3v) is 4.01. The summed E-state index contributed by atoms with van der Waals surface area (Å²) < 4.78 is 0. The van der Waals surface area contributed by atoms with Gasteiger partial charge in [0, 0.05) is 11.6 Å². The number of nitrogen functional groups attached to an aromatic ring is 1. The minimum absolute atomic E-state index is 0.0236. The van der Waals surface area contributed by atoms with E-state index in [0.29, 0.717) is 11.4 Å². The Morgan fingerprint density at radius 3 is 2.33 bits per heavy atom. The predicted molar refractivity (Wildman–Crippen MR) is 82.3 cm³/mol. The summed E-state index contributed by atoms with van der Waals surface area (Å²) in [6, 6.07) is 4.52. The fraction of sp³-hybridized carbons (Fsp3) is 0.500. The second kappa shape index (κ2) is 7.11. The van der Waals surface area contributed by atoms with Gasteiger partial charge >= 0.3 is 5.97 Å². The van der Waals surface area contributed by atoms with E-state index >= 15 is 0 Å². The number of anilines is 2. The largest absolute Gasteiger partial charge is 0.478 e. The maximum atomic E-state index is 12.4. The zero-order valence-corrected chi connectivity index (χ0v) is 12.1. The van der Waals surface area contributed by atoms with Crippen LogP contribution in [-0.4, -0.2) is 17.0 Å². The van der Waals surface area contributed by atoms with E-state index in [-0.39, 0.29) is 17.4 Å². The summed E-state index contributed by atoms with van der Waals surface area (Å²) in [4.78, 5) is 23.6. The van der Waals surface area contributed by atoms with Crippen LogP contribution >= 0.6 is 0 Å². The zero-order valence-electron chi connectivity index (χ0n) is 12.1. The van der Waals surface area contributed by atoms with Gasteiger partial charge in [-0.25, -0.2) is 4.79 Å². The van der Waals surface area contributed by atoms with Crippen LogP contribution in [0.2, 0.25) is 0 Å². The van der Waals surface area contributed by atoms with Crippen LogP contribution in [0, 0.1) is 5.92 Å². The number of carboxylic acids is 1. The molecule has 0 spiro atoms. The maximum Gasteiger partial charge on any atom is 0.337 e. The molecule has 0 radical (unpaired) electrons. The number of carboxylic acid groups (broad SMARTS) is 1. The molecule has 0 aromatic heterocycles. The molecule has 4 N–H and O–H groups in total. The van der Waals surface area contributed by atoms with Crippen molar-refractivity contribution in [1.29, 1.82) is 0 Å². The van der Waals surface area contributed by atoms with Crippen molar-refractivity contribution >= 4 is 23.3 Å². The second-order valence-corrected chi connectivity index (χ2v) is 5.64. The van der Waals surface area contributed by atoms with Crippen molar-refractivity contribution in [1.82, 2.24) is 0 Å². The maximum absolute atomic E-state index is 12.4. The molecule has 1 fully saturated rings. The number of nitrogens with two attached hydrogens (primary N) is 1. The fourth-order valence-electron chi connectivity index (χ4n) is 2.80.